The van der Waals surface area contributed by atoms with Crippen molar-refractivity contribution in [3.05, 3.63) is 47.8 Å². The molecule has 0 aliphatic heterocycles. The molecule has 0 saturated heterocycles. The van der Waals surface area contributed by atoms with E-state index in [1.165, 1.54) is 6.07 Å². The Hall–Kier alpha value is -1.75. The maximum Gasteiger partial charge on any atom is 0.138 e. The van der Waals surface area contributed by atoms with Gasteiger partial charge in [0, 0.05) is 18.9 Å². The van der Waals surface area contributed by atoms with E-state index in [4.69, 9.17) is 5.73 Å². The van der Waals surface area contributed by atoms with Gasteiger partial charge in [0.05, 0.1) is 0 Å². The second kappa shape index (κ2) is 6.43. The van der Waals surface area contributed by atoms with Crippen LogP contribution in [0.1, 0.15) is 30.7 Å². The molecule has 0 amide bonds. The van der Waals surface area contributed by atoms with Gasteiger partial charge >= 0.3 is 0 Å². The van der Waals surface area contributed by atoms with Gasteiger partial charge in [-0.3, -0.25) is 4.68 Å². The first-order valence-electron chi connectivity index (χ1n) is 6.57. The highest BCUT2D eigenvalue weighted by Crippen LogP contribution is 2.21. The lowest BCUT2D eigenvalue weighted by Crippen LogP contribution is -2.19. The van der Waals surface area contributed by atoms with Crippen LogP contribution in [0.3, 0.4) is 0 Å². The third-order valence-electron chi connectivity index (χ3n) is 3.19. The molecule has 1 aromatic carbocycles. The summed E-state index contributed by atoms with van der Waals surface area (Å²) in [6.45, 7) is 3.30. The second-order valence-corrected chi connectivity index (χ2v) is 4.56. The highest BCUT2D eigenvalue weighted by molar-refractivity contribution is 5.23. The second-order valence-electron chi connectivity index (χ2n) is 4.56. The van der Waals surface area contributed by atoms with Gasteiger partial charge in [0.1, 0.15) is 18.0 Å². The number of rotatable bonds is 6. The Morgan fingerprint density at radius 3 is 2.84 bits per heavy atom. The minimum absolute atomic E-state index is 0.0685. The molecule has 0 fully saturated rings. The smallest absolute Gasteiger partial charge is 0.138 e. The highest BCUT2D eigenvalue weighted by Gasteiger charge is 2.17. The molecule has 1 heterocycles. The number of aromatic nitrogens is 3. The Labute approximate surface area is 112 Å². The van der Waals surface area contributed by atoms with Gasteiger partial charge in [0.25, 0.3) is 0 Å². The summed E-state index contributed by atoms with van der Waals surface area (Å²) in [5, 5.41) is 4.18. The zero-order valence-corrected chi connectivity index (χ0v) is 11.1. The zero-order chi connectivity index (χ0) is 13.7. The van der Waals surface area contributed by atoms with E-state index in [1.54, 1.807) is 18.5 Å². The van der Waals surface area contributed by atoms with Crippen molar-refractivity contribution in [1.82, 2.24) is 14.8 Å². The van der Waals surface area contributed by atoms with E-state index in [0.717, 1.165) is 18.8 Å². The standard InChI is InChI=1S/C14H19FN4/c1-2-7-19-14(17-10-18-19)8-11(9-16)12-5-3-4-6-13(12)15/h3-6,10-11H,2,7-9,16H2,1H3. The van der Waals surface area contributed by atoms with Crippen LogP contribution in [-0.4, -0.2) is 21.3 Å². The summed E-state index contributed by atoms with van der Waals surface area (Å²) >= 11 is 0. The average Bonchev–Trinajstić information content (AvgIpc) is 2.85. The van der Waals surface area contributed by atoms with Gasteiger partial charge in [0.2, 0.25) is 0 Å². The number of hydrogen-bond acceptors (Lipinski definition) is 3. The number of hydrogen-bond donors (Lipinski definition) is 1. The minimum Gasteiger partial charge on any atom is -0.330 e. The fourth-order valence-electron chi connectivity index (χ4n) is 2.19. The van der Waals surface area contributed by atoms with Crippen LogP contribution in [0.25, 0.3) is 0 Å². The molecule has 0 spiro atoms. The van der Waals surface area contributed by atoms with Gasteiger partial charge in [0.15, 0.2) is 0 Å². The maximum atomic E-state index is 13.8. The number of nitrogens with two attached hydrogens (primary N) is 1. The molecular formula is C14H19FN4. The Kier molecular flexibility index (Phi) is 4.63. The van der Waals surface area contributed by atoms with E-state index in [1.807, 2.05) is 10.7 Å². The number of nitrogens with zero attached hydrogens (tertiary/aromatic N) is 3. The van der Waals surface area contributed by atoms with Gasteiger partial charge in [-0.15, -0.1) is 0 Å². The molecule has 1 aromatic heterocycles. The van der Waals surface area contributed by atoms with Gasteiger partial charge in [-0.1, -0.05) is 25.1 Å². The fraction of sp³-hybridized carbons (Fsp3) is 0.429. The number of halogens is 1. The van der Waals surface area contributed by atoms with Crippen LogP contribution in [0, 0.1) is 5.82 Å². The molecule has 1 atom stereocenters. The Morgan fingerprint density at radius 2 is 2.16 bits per heavy atom. The molecule has 0 radical (unpaired) electrons. The molecule has 19 heavy (non-hydrogen) atoms. The summed E-state index contributed by atoms with van der Waals surface area (Å²) in [5.74, 6) is 0.584. The predicted octanol–water partition coefficient (Wildman–Crippen LogP) is 2.11. The van der Waals surface area contributed by atoms with Crippen molar-refractivity contribution in [1.29, 1.82) is 0 Å². The lowest BCUT2D eigenvalue weighted by molar-refractivity contribution is 0.529. The van der Waals surface area contributed by atoms with Crippen molar-refractivity contribution in [2.75, 3.05) is 6.54 Å². The number of aryl methyl sites for hydroxylation is 1. The van der Waals surface area contributed by atoms with Crippen LogP contribution >= 0.6 is 0 Å². The van der Waals surface area contributed by atoms with E-state index in [0.29, 0.717) is 18.5 Å². The van der Waals surface area contributed by atoms with Crippen LogP contribution in [0.5, 0.6) is 0 Å². The average molecular weight is 262 g/mol. The quantitative estimate of drug-likeness (QED) is 0.867. The van der Waals surface area contributed by atoms with E-state index in [9.17, 15) is 4.39 Å². The highest BCUT2D eigenvalue weighted by atomic mass is 19.1. The summed E-state index contributed by atoms with van der Waals surface area (Å²) < 4.78 is 15.7. The normalized spacial score (nSPS) is 12.6. The summed E-state index contributed by atoms with van der Waals surface area (Å²) in [5.41, 5.74) is 6.44. The van der Waals surface area contributed by atoms with Crippen molar-refractivity contribution < 1.29 is 4.39 Å². The molecule has 2 aromatic rings. The molecule has 4 nitrogen and oxygen atoms in total. The summed E-state index contributed by atoms with van der Waals surface area (Å²) in [4.78, 5) is 4.25. The van der Waals surface area contributed by atoms with Crippen molar-refractivity contribution in [2.45, 2.75) is 32.2 Å². The Balaban J connectivity index is 2.19. The first-order valence-corrected chi connectivity index (χ1v) is 6.57. The molecule has 102 valence electrons. The fourth-order valence-corrected chi connectivity index (χ4v) is 2.19. The molecule has 2 N–H and O–H groups in total. The van der Waals surface area contributed by atoms with E-state index in [-0.39, 0.29) is 11.7 Å². The van der Waals surface area contributed by atoms with Crippen LogP contribution in [0.15, 0.2) is 30.6 Å². The largest absolute Gasteiger partial charge is 0.330 e. The van der Waals surface area contributed by atoms with Crippen LogP contribution < -0.4 is 5.73 Å². The Bertz CT molecular complexity index is 524. The summed E-state index contributed by atoms with van der Waals surface area (Å²) in [7, 11) is 0. The topological polar surface area (TPSA) is 56.7 Å². The molecule has 0 aliphatic carbocycles. The molecule has 0 aliphatic rings. The van der Waals surface area contributed by atoms with E-state index >= 15 is 0 Å². The van der Waals surface area contributed by atoms with Crippen molar-refractivity contribution in [2.24, 2.45) is 5.73 Å². The lowest BCUT2D eigenvalue weighted by atomic mass is 9.95. The Morgan fingerprint density at radius 1 is 1.37 bits per heavy atom. The third kappa shape index (κ3) is 3.17. The van der Waals surface area contributed by atoms with Gasteiger partial charge in [-0.2, -0.15) is 5.10 Å². The SMILES string of the molecule is CCCn1ncnc1CC(CN)c1ccccc1F. The maximum absolute atomic E-state index is 13.8. The third-order valence-corrected chi connectivity index (χ3v) is 3.19. The van der Waals surface area contributed by atoms with Gasteiger partial charge < -0.3 is 5.73 Å². The summed E-state index contributed by atoms with van der Waals surface area (Å²) in [6.07, 6.45) is 3.14. The first kappa shape index (κ1) is 13.7. The van der Waals surface area contributed by atoms with E-state index < -0.39 is 0 Å². The van der Waals surface area contributed by atoms with Crippen LogP contribution in [0.4, 0.5) is 4.39 Å². The number of benzene rings is 1. The van der Waals surface area contributed by atoms with Gasteiger partial charge in [-0.05, 0) is 24.6 Å². The molecule has 5 heteroatoms. The zero-order valence-electron chi connectivity index (χ0n) is 11.1. The van der Waals surface area contributed by atoms with Crippen molar-refractivity contribution in [3.8, 4) is 0 Å². The van der Waals surface area contributed by atoms with Gasteiger partial charge in [-0.25, -0.2) is 9.37 Å². The van der Waals surface area contributed by atoms with Crippen LogP contribution in [0.2, 0.25) is 0 Å². The minimum atomic E-state index is -0.209. The molecular weight excluding hydrogens is 243 g/mol. The predicted molar refractivity (Wildman–Crippen MR) is 72.2 cm³/mol. The lowest BCUT2D eigenvalue weighted by Gasteiger charge is -2.16. The van der Waals surface area contributed by atoms with Crippen molar-refractivity contribution in [3.63, 3.8) is 0 Å². The monoisotopic (exact) mass is 262 g/mol. The first-order chi connectivity index (χ1) is 9.26. The van der Waals surface area contributed by atoms with Crippen LogP contribution in [-0.2, 0) is 13.0 Å². The molecule has 1 unspecified atom stereocenters. The van der Waals surface area contributed by atoms with E-state index in [2.05, 4.69) is 17.0 Å². The molecule has 0 bridgehead atoms. The summed E-state index contributed by atoms with van der Waals surface area (Å²) in [6, 6.07) is 6.77. The van der Waals surface area contributed by atoms with Crippen molar-refractivity contribution >= 4 is 0 Å². The molecule has 2 rings (SSSR count). The molecule has 0 saturated carbocycles.